The van der Waals surface area contributed by atoms with E-state index in [4.69, 9.17) is 11.6 Å². The number of hydrogen-bond acceptors (Lipinski definition) is 2. The van der Waals surface area contributed by atoms with Gasteiger partial charge in [0, 0.05) is 12.6 Å². The summed E-state index contributed by atoms with van der Waals surface area (Å²) in [5.74, 6) is 1.19. The first-order valence-electron chi connectivity index (χ1n) is 7.87. The molecule has 0 aromatic carbocycles. The third-order valence-electron chi connectivity index (χ3n) is 4.10. The highest BCUT2D eigenvalue weighted by molar-refractivity contribution is 6.31. The van der Waals surface area contributed by atoms with E-state index in [2.05, 4.69) is 49.7 Å². The lowest BCUT2D eigenvalue weighted by molar-refractivity contribution is 0.283. The van der Waals surface area contributed by atoms with Crippen molar-refractivity contribution in [2.75, 3.05) is 6.54 Å². The number of hydrogen-bond donors (Lipinski definition) is 1. The van der Waals surface area contributed by atoms with E-state index in [1.807, 2.05) is 6.92 Å². The van der Waals surface area contributed by atoms with Gasteiger partial charge in [-0.25, -0.2) is 0 Å². The van der Waals surface area contributed by atoms with Gasteiger partial charge >= 0.3 is 0 Å². The summed E-state index contributed by atoms with van der Waals surface area (Å²) < 4.78 is 2.06. The van der Waals surface area contributed by atoms with Crippen LogP contribution in [-0.2, 0) is 13.0 Å². The Morgan fingerprint density at radius 1 is 1.25 bits per heavy atom. The molecule has 116 valence electrons. The molecule has 0 saturated heterocycles. The van der Waals surface area contributed by atoms with Crippen molar-refractivity contribution in [3.8, 4) is 0 Å². The predicted octanol–water partition coefficient (Wildman–Crippen LogP) is 4.07. The standard InChI is InChI=1S/C16H30ClN3/c1-7-9-18-12(5)14(11(3)4)10-15-16(17)13(6)19-20(15)8-2/h11-12,14,18H,7-10H2,1-6H3. The fourth-order valence-corrected chi connectivity index (χ4v) is 3.01. The highest BCUT2D eigenvalue weighted by atomic mass is 35.5. The third-order valence-corrected chi connectivity index (χ3v) is 4.59. The molecule has 0 fully saturated rings. The molecule has 4 heteroatoms. The van der Waals surface area contributed by atoms with Crippen molar-refractivity contribution >= 4 is 11.6 Å². The van der Waals surface area contributed by atoms with Crippen molar-refractivity contribution in [3.05, 3.63) is 16.4 Å². The average Bonchev–Trinajstić information content (AvgIpc) is 2.68. The molecule has 0 aliphatic carbocycles. The molecule has 0 aliphatic heterocycles. The molecule has 0 saturated carbocycles. The van der Waals surface area contributed by atoms with Gasteiger partial charge in [-0.3, -0.25) is 4.68 Å². The summed E-state index contributed by atoms with van der Waals surface area (Å²) in [6.07, 6.45) is 2.16. The minimum absolute atomic E-state index is 0.492. The minimum Gasteiger partial charge on any atom is -0.314 e. The topological polar surface area (TPSA) is 29.9 Å². The monoisotopic (exact) mass is 299 g/mol. The molecule has 0 radical (unpaired) electrons. The van der Waals surface area contributed by atoms with Gasteiger partial charge in [0.05, 0.1) is 16.4 Å². The maximum atomic E-state index is 6.45. The minimum atomic E-state index is 0.492. The third kappa shape index (κ3) is 4.23. The van der Waals surface area contributed by atoms with Crippen molar-refractivity contribution in [3.63, 3.8) is 0 Å². The Balaban J connectivity index is 2.90. The van der Waals surface area contributed by atoms with E-state index in [9.17, 15) is 0 Å². The molecule has 2 unspecified atom stereocenters. The number of rotatable bonds is 8. The molecule has 1 aromatic rings. The Labute approximate surface area is 129 Å². The van der Waals surface area contributed by atoms with Crippen LogP contribution in [0, 0.1) is 18.8 Å². The number of halogens is 1. The number of nitrogens with zero attached hydrogens (tertiary/aromatic N) is 2. The van der Waals surface area contributed by atoms with Gasteiger partial charge in [-0.1, -0.05) is 32.4 Å². The predicted molar refractivity (Wildman–Crippen MR) is 87.4 cm³/mol. The van der Waals surface area contributed by atoms with Crippen LogP contribution in [0.15, 0.2) is 0 Å². The van der Waals surface area contributed by atoms with Crippen molar-refractivity contribution in [1.29, 1.82) is 0 Å². The number of nitrogens with one attached hydrogen (secondary N) is 1. The van der Waals surface area contributed by atoms with Crippen LogP contribution in [0.5, 0.6) is 0 Å². The lowest BCUT2D eigenvalue weighted by atomic mass is 9.85. The molecule has 1 heterocycles. The van der Waals surface area contributed by atoms with Crippen molar-refractivity contribution in [1.82, 2.24) is 15.1 Å². The van der Waals surface area contributed by atoms with Crippen LogP contribution in [0.1, 0.15) is 52.4 Å². The van der Waals surface area contributed by atoms with E-state index in [-0.39, 0.29) is 0 Å². The molecule has 2 atom stereocenters. The Morgan fingerprint density at radius 3 is 2.40 bits per heavy atom. The quantitative estimate of drug-likeness (QED) is 0.784. The first-order valence-corrected chi connectivity index (χ1v) is 8.25. The Kier molecular flexibility index (Phi) is 7.04. The number of aryl methyl sites for hydroxylation is 2. The molecule has 1 rings (SSSR count). The molecule has 0 amide bonds. The van der Waals surface area contributed by atoms with E-state index < -0.39 is 0 Å². The van der Waals surface area contributed by atoms with Crippen LogP contribution in [0.4, 0.5) is 0 Å². The zero-order valence-electron chi connectivity index (χ0n) is 13.8. The summed E-state index contributed by atoms with van der Waals surface area (Å²) in [6.45, 7) is 15.1. The lowest BCUT2D eigenvalue weighted by Crippen LogP contribution is -2.38. The molecule has 3 nitrogen and oxygen atoms in total. The molecule has 20 heavy (non-hydrogen) atoms. The van der Waals surface area contributed by atoms with Crippen LogP contribution in [0.3, 0.4) is 0 Å². The summed E-state index contributed by atoms with van der Waals surface area (Å²) >= 11 is 6.45. The van der Waals surface area contributed by atoms with Crippen molar-refractivity contribution in [2.45, 2.75) is 67.0 Å². The lowest BCUT2D eigenvalue weighted by Gasteiger charge is -2.28. The van der Waals surface area contributed by atoms with Crippen LogP contribution < -0.4 is 5.32 Å². The molecule has 1 N–H and O–H groups in total. The SMILES string of the molecule is CCCNC(C)C(Cc1c(Cl)c(C)nn1CC)C(C)C. The fraction of sp³-hybridized carbons (Fsp3) is 0.812. The molecular weight excluding hydrogens is 270 g/mol. The highest BCUT2D eigenvalue weighted by Crippen LogP contribution is 2.27. The smallest absolute Gasteiger partial charge is 0.0847 e. The fourth-order valence-electron chi connectivity index (χ4n) is 2.80. The van der Waals surface area contributed by atoms with E-state index in [0.717, 1.165) is 30.2 Å². The maximum absolute atomic E-state index is 6.45. The van der Waals surface area contributed by atoms with Gasteiger partial charge < -0.3 is 5.32 Å². The zero-order valence-corrected chi connectivity index (χ0v) is 14.6. The summed E-state index contributed by atoms with van der Waals surface area (Å²) in [6, 6.07) is 0.492. The summed E-state index contributed by atoms with van der Waals surface area (Å²) in [5.41, 5.74) is 2.13. The van der Waals surface area contributed by atoms with Gasteiger partial charge in [-0.05, 0) is 52.0 Å². The van der Waals surface area contributed by atoms with E-state index >= 15 is 0 Å². The molecule has 0 aliphatic rings. The van der Waals surface area contributed by atoms with Crippen LogP contribution in [0.25, 0.3) is 0 Å². The highest BCUT2D eigenvalue weighted by Gasteiger charge is 2.24. The Morgan fingerprint density at radius 2 is 1.90 bits per heavy atom. The van der Waals surface area contributed by atoms with Gasteiger partial charge in [0.25, 0.3) is 0 Å². The van der Waals surface area contributed by atoms with Crippen molar-refractivity contribution in [2.24, 2.45) is 11.8 Å². The normalized spacial score (nSPS) is 14.8. The van der Waals surface area contributed by atoms with Gasteiger partial charge in [-0.2, -0.15) is 5.10 Å². The van der Waals surface area contributed by atoms with E-state index in [1.165, 1.54) is 12.1 Å². The van der Waals surface area contributed by atoms with Gasteiger partial charge in [0.15, 0.2) is 0 Å². The van der Waals surface area contributed by atoms with Crippen LogP contribution in [-0.4, -0.2) is 22.4 Å². The van der Waals surface area contributed by atoms with Gasteiger partial charge in [0.1, 0.15) is 0 Å². The molecular formula is C16H30ClN3. The van der Waals surface area contributed by atoms with Gasteiger partial charge in [-0.15, -0.1) is 0 Å². The first-order chi connectivity index (χ1) is 9.42. The Hall–Kier alpha value is -0.540. The van der Waals surface area contributed by atoms with Gasteiger partial charge in [0.2, 0.25) is 0 Å². The molecule has 0 spiro atoms. The molecule has 0 bridgehead atoms. The van der Waals surface area contributed by atoms with Crippen molar-refractivity contribution < 1.29 is 0 Å². The van der Waals surface area contributed by atoms with Crippen LogP contribution in [0.2, 0.25) is 5.02 Å². The van der Waals surface area contributed by atoms with E-state index in [0.29, 0.717) is 17.9 Å². The second-order valence-corrected chi connectivity index (χ2v) is 6.39. The number of aromatic nitrogens is 2. The van der Waals surface area contributed by atoms with E-state index in [1.54, 1.807) is 0 Å². The largest absolute Gasteiger partial charge is 0.314 e. The second-order valence-electron chi connectivity index (χ2n) is 6.02. The maximum Gasteiger partial charge on any atom is 0.0847 e. The molecule has 1 aromatic heterocycles. The summed E-state index contributed by atoms with van der Waals surface area (Å²) in [7, 11) is 0. The summed E-state index contributed by atoms with van der Waals surface area (Å²) in [5, 5.41) is 9.00. The second kappa shape index (κ2) is 8.04. The average molecular weight is 300 g/mol. The Bertz CT molecular complexity index is 412. The first kappa shape index (κ1) is 17.5. The van der Waals surface area contributed by atoms with Crippen LogP contribution >= 0.6 is 11.6 Å². The summed E-state index contributed by atoms with van der Waals surface area (Å²) in [4.78, 5) is 0. The zero-order chi connectivity index (χ0) is 15.3.